The first-order valence-electron chi connectivity index (χ1n) is 10.9. The van der Waals surface area contributed by atoms with Crippen LogP contribution in [0.5, 0.6) is 5.75 Å². The van der Waals surface area contributed by atoms with Crippen LogP contribution in [0.1, 0.15) is 18.4 Å². The molecule has 0 radical (unpaired) electrons. The topological polar surface area (TPSA) is 105 Å². The molecule has 2 aromatic heterocycles. The fourth-order valence-electron chi connectivity index (χ4n) is 3.99. The average molecular weight is 444 g/mol. The molecule has 1 amide bonds. The summed E-state index contributed by atoms with van der Waals surface area (Å²) >= 11 is 0. The molecule has 0 spiro atoms. The van der Waals surface area contributed by atoms with Crippen molar-refractivity contribution in [1.29, 1.82) is 0 Å². The summed E-state index contributed by atoms with van der Waals surface area (Å²) in [5, 5.41) is 5.49. The van der Waals surface area contributed by atoms with Gasteiger partial charge in [0.25, 0.3) is 0 Å². The number of hydrogen-bond donors (Lipinski definition) is 1. The van der Waals surface area contributed by atoms with E-state index < -0.39 is 11.8 Å². The Morgan fingerprint density at radius 2 is 2.00 bits per heavy atom. The lowest BCUT2D eigenvalue weighted by Crippen LogP contribution is -2.32. The molecule has 8 nitrogen and oxygen atoms in total. The first-order chi connectivity index (χ1) is 16.0. The van der Waals surface area contributed by atoms with Gasteiger partial charge in [0.2, 0.25) is 5.91 Å². The number of aryl methyl sites for hydroxylation is 1. The fraction of sp³-hybridized carbons (Fsp3) is 0.280. The van der Waals surface area contributed by atoms with Gasteiger partial charge in [-0.15, -0.1) is 0 Å². The maximum absolute atomic E-state index is 12.1. The van der Waals surface area contributed by atoms with E-state index in [9.17, 15) is 4.79 Å². The normalized spacial score (nSPS) is 14.7. The molecule has 168 valence electrons. The molecular formula is C25H25N5O3. The van der Waals surface area contributed by atoms with E-state index >= 15 is 0 Å². The highest BCUT2D eigenvalue weighted by Gasteiger charge is 2.24. The first kappa shape index (κ1) is 21.1. The van der Waals surface area contributed by atoms with E-state index in [1.165, 1.54) is 0 Å². The highest BCUT2D eigenvalue weighted by molar-refractivity contribution is 5.97. The molecule has 0 aliphatic carbocycles. The molecular weight excluding hydrogens is 418 g/mol. The molecule has 1 aliphatic heterocycles. The van der Waals surface area contributed by atoms with Crippen LogP contribution in [0.3, 0.4) is 0 Å². The molecule has 0 bridgehead atoms. The minimum absolute atomic E-state index is 0.349. The molecule has 5 rings (SSSR count). The molecule has 0 saturated carbocycles. The third-order valence-corrected chi connectivity index (χ3v) is 5.97. The predicted octanol–water partition coefficient (Wildman–Crippen LogP) is 3.31. The Morgan fingerprint density at radius 3 is 2.70 bits per heavy atom. The molecule has 4 aromatic rings. The largest absolute Gasteiger partial charge is 0.493 e. The van der Waals surface area contributed by atoms with Crippen molar-refractivity contribution in [3.8, 4) is 28.3 Å². The van der Waals surface area contributed by atoms with Crippen LogP contribution in [-0.4, -0.2) is 45.5 Å². The monoisotopic (exact) mass is 443 g/mol. The quantitative estimate of drug-likeness (QED) is 0.470. The maximum Gasteiger partial charge on any atom is 0.224 e. The number of carbonyl (C=O) groups is 1. The van der Waals surface area contributed by atoms with Gasteiger partial charge in [-0.1, -0.05) is 30.3 Å². The predicted molar refractivity (Wildman–Crippen MR) is 125 cm³/mol. The SMILES string of the molecule is CC(C(N)=O)c1cc2c(-c3cn(C)nc3-c3ccccc3)ncnc2cc1OCC1COC1. The van der Waals surface area contributed by atoms with Crippen LogP contribution in [-0.2, 0) is 16.6 Å². The molecule has 1 saturated heterocycles. The number of aromatic nitrogens is 4. The van der Waals surface area contributed by atoms with Crippen molar-refractivity contribution in [3.63, 3.8) is 0 Å². The Balaban J connectivity index is 1.66. The molecule has 1 unspecified atom stereocenters. The lowest BCUT2D eigenvalue weighted by molar-refractivity contribution is -0.119. The van der Waals surface area contributed by atoms with Crippen molar-refractivity contribution >= 4 is 16.8 Å². The van der Waals surface area contributed by atoms with Crippen LogP contribution in [0.15, 0.2) is 55.0 Å². The minimum Gasteiger partial charge on any atom is -0.493 e. The first-order valence-corrected chi connectivity index (χ1v) is 10.9. The van der Waals surface area contributed by atoms with Crippen molar-refractivity contribution < 1.29 is 14.3 Å². The van der Waals surface area contributed by atoms with Gasteiger partial charge in [-0.2, -0.15) is 5.10 Å². The Labute approximate surface area is 191 Å². The van der Waals surface area contributed by atoms with Gasteiger partial charge in [0, 0.05) is 47.3 Å². The number of ether oxygens (including phenoxy) is 2. The summed E-state index contributed by atoms with van der Waals surface area (Å²) in [5.41, 5.74) is 10.6. The Morgan fingerprint density at radius 1 is 1.21 bits per heavy atom. The summed E-state index contributed by atoms with van der Waals surface area (Å²) in [6, 6.07) is 13.8. The Hall–Kier alpha value is -3.78. The zero-order valence-corrected chi connectivity index (χ0v) is 18.6. The Bertz CT molecular complexity index is 1310. The number of hydrogen-bond acceptors (Lipinski definition) is 6. The summed E-state index contributed by atoms with van der Waals surface area (Å²) < 4.78 is 13.1. The number of nitrogens with zero attached hydrogens (tertiary/aromatic N) is 4. The maximum atomic E-state index is 12.1. The molecule has 33 heavy (non-hydrogen) atoms. The number of carbonyl (C=O) groups excluding carboxylic acids is 1. The molecule has 2 aromatic carbocycles. The van der Waals surface area contributed by atoms with E-state index in [0.29, 0.717) is 31.5 Å². The van der Waals surface area contributed by atoms with Gasteiger partial charge in [-0.05, 0) is 13.0 Å². The van der Waals surface area contributed by atoms with Crippen LogP contribution in [0.2, 0.25) is 0 Å². The van der Waals surface area contributed by atoms with Crippen LogP contribution >= 0.6 is 0 Å². The number of primary amides is 1. The van der Waals surface area contributed by atoms with E-state index in [2.05, 4.69) is 15.1 Å². The van der Waals surface area contributed by atoms with Crippen molar-refractivity contribution in [2.24, 2.45) is 18.7 Å². The number of benzene rings is 2. The third kappa shape index (κ3) is 4.05. The molecule has 1 aliphatic rings. The molecule has 3 heterocycles. The van der Waals surface area contributed by atoms with Gasteiger partial charge < -0.3 is 15.2 Å². The van der Waals surface area contributed by atoms with E-state index in [4.69, 9.17) is 15.2 Å². The van der Waals surface area contributed by atoms with Crippen LogP contribution in [0, 0.1) is 5.92 Å². The summed E-state index contributed by atoms with van der Waals surface area (Å²) in [7, 11) is 1.88. The summed E-state index contributed by atoms with van der Waals surface area (Å²) in [6.45, 7) is 3.67. The molecule has 8 heteroatoms. The van der Waals surface area contributed by atoms with Crippen LogP contribution < -0.4 is 10.5 Å². The van der Waals surface area contributed by atoms with E-state index in [-0.39, 0.29) is 0 Å². The summed E-state index contributed by atoms with van der Waals surface area (Å²) in [5.74, 6) is 0.00977. The van der Waals surface area contributed by atoms with Crippen molar-refractivity contribution in [2.75, 3.05) is 19.8 Å². The Kier molecular flexibility index (Phi) is 5.51. The van der Waals surface area contributed by atoms with Gasteiger partial charge in [0.05, 0.1) is 36.9 Å². The van der Waals surface area contributed by atoms with E-state index in [1.807, 2.05) is 55.7 Å². The van der Waals surface area contributed by atoms with Gasteiger partial charge in [-0.3, -0.25) is 9.48 Å². The number of amides is 1. The van der Waals surface area contributed by atoms with Gasteiger partial charge in [0.1, 0.15) is 17.8 Å². The molecule has 1 fully saturated rings. The van der Waals surface area contributed by atoms with Crippen LogP contribution in [0.25, 0.3) is 33.4 Å². The van der Waals surface area contributed by atoms with Gasteiger partial charge in [0.15, 0.2) is 0 Å². The zero-order chi connectivity index (χ0) is 22.9. The molecule has 2 N–H and O–H groups in total. The lowest BCUT2D eigenvalue weighted by atomic mass is 9.95. The summed E-state index contributed by atoms with van der Waals surface area (Å²) in [4.78, 5) is 21.2. The number of fused-ring (bicyclic) bond motifs is 1. The van der Waals surface area contributed by atoms with Gasteiger partial charge >= 0.3 is 0 Å². The minimum atomic E-state index is -0.530. The lowest BCUT2D eigenvalue weighted by Gasteiger charge is -2.26. The summed E-state index contributed by atoms with van der Waals surface area (Å²) in [6.07, 6.45) is 3.49. The van der Waals surface area contributed by atoms with Crippen LogP contribution in [0.4, 0.5) is 0 Å². The highest BCUT2D eigenvalue weighted by atomic mass is 16.5. The second kappa shape index (κ2) is 8.63. The highest BCUT2D eigenvalue weighted by Crippen LogP contribution is 2.37. The average Bonchev–Trinajstić information content (AvgIpc) is 3.18. The van der Waals surface area contributed by atoms with Gasteiger partial charge in [-0.25, -0.2) is 9.97 Å². The fourth-order valence-corrected chi connectivity index (χ4v) is 3.99. The third-order valence-electron chi connectivity index (χ3n) is 5.97. The number of rotatable bonds is 7. The second-order valence-electron chi connectivity index (χ2n) is 8.40. The second-order valence-corrected chi connectivity index (χ2v) is 8.40. The van der Waals surface area contributed by atoms with Crippen molar-refractivity contribution in [2.45, 2.75) is 12.8 Å². The smallest absolute Gasteiger partial charge is 0.224 e. The standard InChI is InChI=1S/C25H25N5O3/c1-15(25(26)31)18-8-19-21(9-22(18)33-13-16-11-32-12-16)27-14-28-24(19)20-10-30(2)29-23(20)17-6-4-3-5-7-17/h3-10,14-16H,11-13H2,1-2H3,(H2,26,31). The zero-order valence-electron chi connectivity index (χ0n) is 18.6. The molecule has 1 atom stereocenters. The van der Waals surface area contributed by atoms with Crippen molar-refractivity contribution in [3.05, 3.63) is 60.6 Å². The van der Waals surface area contributed by atoms with Crippen molar-refractivity contribution in [1.82, 2.24) is 19.7 Å². The number of nitrogens with two attached hydrogens (primary N) is 1. The van der Waals surface area contributed by atoms with E-state index in [0.717, 1.165) is 39.0 Å². The van der Waals surface area contributed by atoms with E-state index in [1.54, 1.807) is 17.9 Å².